The number of nitrogens with one attached hydrogen (secondary N) is 1. The summed E-state index contributed by atoms with van der Waals surface area (Å²) >= 11 is 0. The Labute approximate surface area is 373 Å². The summed E-state index contributed by atoms with van der Waals surface area (Å²) in [5.74, 6) is -1.31. The molecule has 6 heteroatoms. The molecule has 11 rings (SSSR count). The van der Waals surface area contributed by atoms with Crippen LogP contribution in [-0.2, 0) is 0 Å². The van der Waals surface area contributed by atoms with Crippen molar-refractivity contribution in [1.29, 1.82) is 0 Å². The molecule has 2 aromatic heterocycles. The molecule has 0 saturated heterocycles. The first-order valence-corrected chi connectivity index (χ1v) is 19.0. The second kappa shape index (κ2) is 13.5. The van der Waals surface area contributed by atoms with Crippen LogP contribution in [0.5, 0.6) is 0 Å². The quantitative estimate of drug-likeness (QED) is 0.138. The largest absolute Gasteiger partial charge is 0.295 e. The zero-order valence-corrected chi connectivity index (χ0v) is 29.8. The van der Waals surface area contributed by atoms with Crippen molar-refractivity contribution in [2.24, 2.45) is 9.98 Å². The molecule has 1 aliphatic rings. The molecule has 57 heavy (non-hydrogen) atoms. The molecule has 0 aliphatic carbocycles. The van der Waals surface area contributed by atoms with Crippen LogP contribution in [0.4, 0.5) is 0 Å². The van der Waals surface area contributed by atoms with E-state index in [-0.39, 0.29) is 10.8 Å². The summed E-state index contributed by atoms with van der Waals surface area (Å²) in [5, 5.41) is -1.32. The maximum absolute atomic E-state index is 9.56. The Hall–Kier alpha value is -7.28. The monoisotopic (exact) mass is 777 g/mol. The number of fused-ring (bicyclic) bond motifs is 6. The number of rotatable bonds is 5. The standard InChI is InChI=1S/C51H37N5Si/c1-4-20-37(21-5-1)57(38-22-6-2-7-23-38,39-24-8-3-9-25-39)40-26-18-19-36(35-40)49-52-50(55-45-31-14-10-27-41(45)42-28-11-15-32-46(42)55)54-51(53-49)56-47-33-16-12-29-43(47)44-30-13-17-34-48(44)56/h1-35,49H,(H,52,53,54)/i1D,2D,3D,4D,5D,6D,7D,8D,9D,10D,11D,12D,13D,14D,15D,16D,17D,20D,21D,22D,23D,24D,27D,28D,29D,30D,31D,32D,33D,34D. The smallest absolute Gasteiger partial charge is 0.212 e. The molecule has 270 valence electrons. The predicted molar refractivity (Wildman–Crippen MR) is 240 cm³/mol. The molecule has 5 nitrogen and oxygen atoms in total. The van der Waals surface area contributed by atoms with Crippen molar-refractivity contribution in [3.8, 4) is 0 Å². The first-order chi connectivity index (χ1) is 40.7. The highest BCUT2D eigenvalue weighted by Crippen LogP contribution is 2.33. The normalized spacial score (nSPS) is 20.9. The lowest BCUT2D eigenvalue weighted by atomic mass is 10.2. The molecule has 0 amide bonds. The van der Waals surface area contributed by atoms with Crippen LogP contribution in [0.3, 0.4) is 0 Å². The fourth-order valence-corrected chi connectivity index (χ4v) is 11.1. The van der Waals surface area contributed by atoms with Crippen LogP contribution < -0.4 is 26.1 Å². The minimum Gasteiger partial charge on any atom is -0.295 e. The van der Waals surface area contributed by atoms with Crippen LogP contribution in [0.25, 0.3) is 43.6 Å². The molecule has 1 N–H and O–H groups in total. The van der Waals surface area contributed by atoms with Crippen molar-refractivity contribution in [1.82, 2.24) is 14.5 Å². The average molecular weight is 778 g/mol. The minimum atomic E-state index is -5.63. The summed E-state index contributed by atoms with van der Waals surface area (Å²) < 4.78 is 273. The number of aliphatic imine (C=N–C) groups is 2. The van der Waals surface area contributed by atoms with Gasteiger partial charge in [-0.3, -0.25) is 14.5 Å². The van der Waals surface area contributed by atoms with Crippen molar-refractivity contribution < 1.29 is 41.1 Å². The van der Waals surface area contributed by atoms with Crippen LogP contribution in [0.2, 0.25) is 0 Å². The number of para-hydroxylation sites is 4. The maximum Gasteiger partial charge on any atom is 0.212 e. The number of hydrogen-bond donors (Lipinski definition) is 1. The van der Waals surface area contributed by atoms with Gasteiger partial charge < -0.3 is 0 Å². The third kappa shape index (κ3) is 5.22. The van der Waals surface area contributed by atoms with Gasteiger partial charge in [0.15, 0.2) is 14.2 Å². The highest BCUT2D eigenvalue weighted by Gasteiger charge is 2.41. The van der Waals surface area contributed by atoms with E-state index in [1.54, 1.807) is 0 Å². The first-order valence-electron chi connectivity index (χ1n) is 32.0. The van der Waals surface area contributed by atoms with Crippen LogP contribution in [0, 0.1) is 0 Å². The lowest BCUT2D eigenvalue weighted by Crippen LogP contribution is -2.74. The Bertz CT molecular complexity index is 4480. The first kappa shape index (κ1) is 14.7. The molecule has 0 bridgehead atoms. The second-order valence-corrected chi connectivity index (χ2v) is 16.0. The fraction of sp³-hybridized carbons (Fsp3) is 0.0196. The third-order valence-electron chi connectivity index (χ3n) is 9.52. The fourth-order valence-electron chi connectivity index (χ4n) is 7.19. The Morgan fingerprint density at radius 1 is 0.421 bits per heavy atom. The van der Waals surface area contributed by atoms with Gasteiger partial charge in [-0.05, 0) is 50.5 Å². The highest BCUT2D eigenvalue weighted by molar-refractivity contribution is 7.19. The van der Waals surface area contributed by atoms with Gasteiger partial charge in [-0.1, -0.05) is 187 Å². The van der Waals surface area contributed by atoms with Crippen LogP contribution in [0.15, 0.2) is 222 Å². The van der Waals surface area contributed by atoms with E-state index in [0.29, 0.717) is 0 Å². The van der Waals surface area contributed by atoms with E-state index < -0.39 is 267 Å². The van der Waals surface area contributed by atoms with Gasteiger partial charge in [0.1, 0.15) is 0 Å². The van der Waals surface area contributed by atoms with E-state index in [1.807, 2.05) is 0 Å². The van der Waals surface area contributed by atoms with Crippen molar-refractivity contribution in [2.45, 2.75) is 6.17 Å². The molecule has 1 aliphatic heterocycles. The zero-order chi connectivity index (χ0) is 63.9. The summed E-state index contributed by atoms with van der Waals surface area (Å²) in [6.45, 7) is 0. The summed E-state index contributed by atoms with van der Waals surface area (Å²) in [4.78, 5) is 9.78. The van der Waals surface area contributed by atoms with Crippen molar-refractivity contribution in [2.75, 3.05) is 0 Å². The Kier molecular flexibility index (Phi) is 3.47. The van der Waals surface area contributed by atoms with E-state index in [9.17, 15) is 12.3 Å². The number of nitrogens with zero attached hydrogens (tertiary/aromatic N) is 4. The molecule has 0 spiro atoms. The zero-order valence-electron chi connectivity index (χ0n) is 58.8. The van der Waals surface area contributed by atoms with Gasteiger partial charge in [-0.15, -0.1) is 0 Å². The topological polar surface area (TPSA) is 46.6 Å². The molecule has 3 heterocycles. The predicted octanol–water partition coefficient (Wildman–Crippen LogP) is 8.69. The van der Waals surface area contributed by atoms with Gasteiger partial charge in [0.2, 0.25) is 11.9 Å². The number of benzene rings is 8. The van der Waals surface area contributed by atoms with Gasteiger partial charge in [0.05, 0.1) is 63.2 Å². The third-order valence-corrected chi connectivity index (χ3v) is 13.8. The SMILES string of the molecule is [2H]c1cc([Si](c2cccc(C3N=C(n4c5c([2H])c([2H])c([2H])c([2H])c5c5c([2H])c([2H])c([2H])c([2H])c54)NC(n4c5c([2H])c([2H])c([2H])c([2H])c5c5c([2H])c([2H])c([2H])c([2H])c54)=N3)c2)(c2c([2H])c([2H])c([2H])c([2H])c2[2H])c2c([2H])c([2H])c([2H])c([2H])c2[2H])c([2H])c([2H])c1[2H]. The number of aromatic nitrogens is 2. The van der Waals surface area contributed by atoms with Crippen molar-refractivity contribution in [3.05, 3.63) is 217 Å². The van der Waals surface area contributed by atoms with E-state index in [1.165, 1.54) is 24.3 Å². The molecule has 0 saturated carbocycles. The molecule has 0 atom stereocenters. The van der Waals surface area contributed by atoms with Gasteiger partial charge in [0, 0.05) is 21.5 Å². The number of hydrogen-bond acceptors (Lipinski definition) is 3. The molecular weight excluding hydrogens is 711 g/mol. The van der Waals surface area contributed by atoms with Crippen LogP contribution in [-0.4, -0.2) is 29.1 Å². The summed E-state index contributed by atoms with van der Waals surface area (Å²) in [6.07, 6.45) is -1.95. The van der Waals surface area contributed by atoms with Gasteiger partial charge in [-0.2, -0.15) is 0 Å². The Morgan fingerprint density at radius 3 is 1.30 bits per heavy atom. The van der Waals surface area contributed by atoms with Gasteiger partial charge in [0.25, 0.3) is 0 Å². The van der Waals surface area contributed by atoms with Crippen molar-refractivity contribution in [3.63, 3.8) is 0 Å². The molecular formula is C51H37N5Si. The summed E-state index contributed by atoms with van der Waals surface area (Å²) in [6, 6.07) is -20.7. The summed E-state index contributed by atoms with van der Waals surface area (Å²) in [7, 11) is -5.63. The average Bonchev–Trinajstić information content (AvgIpc) is 1.59. The molecule has 0 radical (unpaired) electrons. The summed E-state index contributed by atoms with van der Waals surface area (Å²) in [5.41, 5.74) is -2.33. The molecule has 10 aromatic rings. The van der Waals surface area contributed by atoms with Crippen molar-refractivity contribution >= 4 is 84.4 Å². The lowest BCUT2D eigenvalue weighted by molar-refractivity contribution is 0.735. The molecule has 8 aromatic carbocycles. The van der Waals surface area contributed by atoms with E-state index >= 15 is 0 Å². The maximum atomic E-state index is 9.56. The Balaban J connectivity index is 1.37. The molecule has 0 fully saturated rings. The van der Waals surface area contributed by atoms with Gasteiger partial charge in [-0.25, -0.2) is 9.98 Å². The van der Waals surface area contributed by atoms with Gasteiger partial charge >= 0.3 is 0 Å². The second-order valence-electron chi connectivity index (χ2n) is 12.4. The van der Waals surface area contributed by atoms with E-state index in [0.717, 1.165) is 15.2 Å². The van der Waals surface area contributed by atoms with Crippen LogP contribution >= 0.6 is 0 Å². The van der Waals surface area contributed by atoms with E-state index in [2.05, 4.69) is 5.32 Å². The molecule has 0 unspecified atom stereocenters. The Morgan fingerprint density at radius 2 is 0.825 bits per heavy atom. The van der Waals surface area contributed by atoms with E-state index in [4.69, 9.17) is 38.8 Å². The lowest BCUT2D eigenvalue weighted by Gasteiger charge is -2.35. The van der Waals surface area contributed by atoms with Crippen LogP contribution in [0.1, 0.15) is 52.9 Å². The highest BCUT2D eigenvalue weighted by atomic mass is 28.3. The minimum absolute atomic E-state index is 0.226.